The van der Waals surface area contributed by atoms with Crippen molar-refractivity contribution in [2.75, 3.05) is 6.61 Å². The van der Waals surface area contributed by atoms with Gasteiger partial charge >= 0.3 is 0 Å². The van der Waals surface area contributed by atoms with Crippen LogP contribution in [0.1, 0.15) is 23.9 Å². The standard InChI is InChI=1S/C24H22ClN3OS/c1-2-29-22-13-11-21(12-14-22)28-23(16-18-7-4-3-5-8-18)26-27-24(28)30-17-19-9-6-10-20(25)15-19/h3-15H,2,16-17H2,1H3. The van der Waals surface area contributed by atoms with Crippen molar-refractivity contribution in [3.63, 3.8) is 0 Å². The molecule has 0 amide bonds. The number of nitrogens with zero attached hydrogens (tertiary/aromatic N) is 3. The van der Waals surface area contributed by atoms with E-state index in [1.165, 1.54) is 5.56 Å². The third-order valence-electron chi connectivity index (χ3n) is 4.57. The van der Waals surface area contributed by atoms with E-state index in [9.17, 15) is 0 Å². The molecule has 1 heterocycles. The lowest BCUT2D eigenvalue weighted by Crippen LogP contribution is -2.04. The molecule has 0 radical (unpaired) electrons. The molecule has 4 nitrogen and oxygen atoms in total. The van der Waals surface area contributed by atoms with E-state index >= 15 is 0 Å². The van der Waals surface area contributed by atoms with Crippen molar-refractivity contribution in [2.45, 2.75) is 24.3 Å². The molecule has 30 heavy (non-hydrogen) atoms. The summed E-state index contributed by atoms with van der Waals surface area (Å²) in [6.45, 7) is 2.63. The minimum absolute atomic E-state index is 0.645. The second-order valence-electron chi connectivity index (χ2n) is 6.74. The number of halogens is 1. The highest BCUT2D eigenvalue weighted by molar-refractivity contribution is 7.98. The smallest absolute Gasteiger partial charge is 0.196 e. The van der Waals surface area contributed by atoms with Gasteiger partial charge in [-0.25, -0.2) is 0 Å². The summed E-state index contributed by atoms with van der Waals surface area (Å²) in [6, 6.07) is 26.3. The summed E-state index contributed by atoms with van der Waals surface area (Å²) in [7, 11) is 0. The van der Waals surface area contributed by atoms with Crippen molar-refractivity contribution in [1.82, 2.24) is 14.8 Å². The maximum Gasteiger partial charge on any atom is 0.196 e. The van der Waals surface area contributed by atoms with E-state index in [4.69, 9.17) is 16.3 Å². The highest BCUT2D eigenvalue weighted by Gasteiger charge is 2.15. The van der Waals surface area contributed by atoms with E-state index in [1.807, 2.05) is 67.6 Å². The lowest BCUT2D eigenvalue weighted by molar-refractivity contribution is 0.340. The van der Waals surface area contributed by atoms with Crippen molar-refractivity contribution in [1.29, 1.82) is 0 Å². The quantitative estimate of drug-likeness (QED) is 0.309. The third kappa shape index (κ3) is 5.04. The average Bonchev–Trinajstić information content (AvgIpc) is 3.16. The van der Waals surface area contributed by atoms with E-state index in [0.717, 1.165) is 38.8 Å². The zero-order valence-electron chi connectivity index (χ0n) is 16.7. The van der Waals surface area contributed by atoms with Gasteiger partial charge in [-0.05, 0) is 54.4 Å². The predicted molar refractivity (Wildman–Crippen MR) is 123 cm³/mol. The van der Waals surface area contributed by atoms with Gasteiger partial charge in [0.25, 0.3) is 0 Å². The number of ether oxygens (including phenoxy) is 1. The molecule has 0 fully saturated rings. The number of thioether (sulfide) groups is 1. The Morgan fingerprint density at radius 3 is 2.40 bits per heavy atom. The molecule has 0 aliphatic carbocycles. The number of hydrogen-bond donors (Lipinski definition) is 0. The highest BCUT2D eigenvalue weighted by atomic mass is 35.5. The Balaban J connectivity index is 1.65. The van der Waals surface area contributed by atoms with Crippen LogP contribution >= 0.6 is 23.4 Å². The maximum atomic E-state index is 6.13. The number of hydrogen-bond acceptors (Lipinski definition) is 4. The monoisotopic (exact) mass is 435 g/mol. The number of rotatable bonds is 8. The molecule has 6 heteroatoms. The molecular formula is C24H22ClN3OS. The molecule has 152 valence electrons. The first-order valence-corrected chi connectivity index (χ1v) is 11.2. The molecule has 0 saturated carbocycles. The molecule has 3 aromatic carbocycles. The highest BCUT2D eigenvalue weighted by Crippen LogP contribution is 2.28. The molecule has 4 rings (SSSR count). The van der Waals surface area contributed by atoms with Crippen LogP contribution in [0.5, 0.6) is 5.75 Å². The molecule has 0 N–H and O–H groups in total. The van der Waals surface area contributed by atoms with Crippen LogP contribution in [0.15, 0.2) is 84.0 Å². The van der Waals surface area contributed by atoms with Gasteiger partial charge < -0.3 is 4.74 Å². The van der Waals surface area contributed by atoms with Gasteiger partial charge in [-0.3, -0.25) is 4.57 Å². The van der Waals surface area contributed by atoms with Gasteiger partial charge in [0.1, 0.15) is 11.6 Å². The lowest BCUT2D eigenvalue weighted by atomic mass is 10.1. The molecule has 0 aliphatic heterocycles. The average molecular weight is 436 g/mol. The van der Waals surface area contributed by atoms with Crippen LogP contribution in [-0.2, 0) is 12.2 Å². The molecule has 0 saturated heterocycles. The van der Waals surface area contributed by atoms with E-state index in [2.05, 4.69) is 33.0 Å². The molecule has 4 aromatic rings. The molecular weight excluding hydrogens is 414 g/mol. The van der Waals surface area contributed by atoms with Crippen LogP contribution in [0.3, 0.4) is 0 Å². The van der Waals surface area contributed by atoms with E-state index in [-0.39, 0.29) is 0 Å². The summed E-state index contributed by atoms with van der Waals surface area (Å²) >= 11 is 7.78. The Labute approximate surface area is 185 Å². The first-order chi connectivity index (χ1) is 14.7. The first kappa shape index (κ1) is 20.5. The molecule has 0 unspecified atom stereocenters. The summed E-state index contributed by atoms with van der Waals surface area (Å²) in [4.78, 5) is 0. The fraction of sp³-hybridized carbons (Fsp3) is 0.167. The topological polar surface area (TPSA) is 39.9 Å². The molecule has 0 spiro atoms. The van der Waals surface area contributed by atoms with Crippen molar-refractivity contribution in [3.05, 3.63) is 101 Å². The van der Waals surface area contributed by atoms with E-state index in [1.54, 1.807) is 11.8 Å². The molecule has 1 aromatic heterocycles. The Kier molecular flexibility index (Phi) is 6.72. The van der Waals surface area contributed by atoms with Crippen LogP contribution in [0.4, 0.5) is 0 Å². The predicted octanol–water partition coefficient (Wildman–Crippen LogP) is 6.20. The van der Waals surface area contributed by atoms with Gasteiger partial charge in [0.05, 0.1) is 6.61 Å². The molecule has 0 atom stereocenters. The Bertz CT molecular complexity index is 1100. The number of aromatic nitrogens is 3. The fourth-order valence-electron chi connectivity index (χ4n) is 3.18. The van der Waals surface area contributed by atoms with Crippen LogP contribution in [-0.4, -0.2) is 21.4 Å². The molecule has 0 bridgehead atoms. The second kappa shape index (κ2) is 9.83. The lowest BCUT2D eigenvalue weighted by Gasteiger charge is -2.12. The van der Waals surface area contributed by atoms with Gasteiger partial charge in [-0.15, -0.1) is 10.2 Å². The van der Waals surface area contributed by atoms with Gasteiger partial charge in [0.2, 0.25) is 0 Å². The van der Waals surface area contributed by atoms with Gasteiger partial charge in [0.15, 0.2) is 5.16 Å². The third-order valence-corrected chi connectivity index (χ3v) is 5.80. The number of benzene rings is 3. The first-order valence-electron chi connectivity index (χ1n) is 9.81. The largest absolute Gasteiger partial charge is 0.494 e. The van der Waals surface area contributed by atoms with Crippen LogP contribution in [0.2, 0.25) is 5.02 Å². The zero-order chi connectivity index (χ0) is 20.8. The summed E-state index contributed by atoms with van der Waals surface area (Å²) < 4.78 is 7.72. The second-order valence-corrected chi connectivity index (χ2v) is 8.12. The Morgan fingerprint density at radius 2 is 1.67 bits per heavy atom. The van der Waals surface area contributed by atoms with Gasteiger partial charge in [-0.2, -0.15) is 0 Å². The van der Waals surface area contributed by atoms with Crippen LogP contribution < -0.4 is 4.74 Å². The minimum Gasteiger partial charge on any atom is -0.494 e. The Morgan fingerprint density at radius 1 is 0.900 bits per heavy atom. The van der Waals surface area contributed by atoms with Crippen molar-refractivity contribution < 1.29 is 4.74 Å². The van der Waals surface area contributed by atoms with Crippen molar-refractivity contribution >= 4 is 23.4 Å². The minimum atomic E-state index is 0.645. The summed E-state index contributed by atoms with van der Waals surface area (Å²) in [6.07, 6.45) is 0.707. The zero-order valence-corrected chi connectivity index (χ0v) is 18.2. The van der Waals surface area contributed by atoms with E-state index < -0.39 is 0 Å². The van der Waals surface area contributed by atoms with Gasteiger partial charge in [-0.1, -0.05) is 65.8 Å². The maximum absolute atomic E-state index is 6.13. The van der Waals surface area contributed by atoms with Crippen molar-refractivity contribution in [2.24, 2.45) is 0 Å². The fourth-order valence-corrected chi connectivity index (χ4v) is 4.31. The summed E-state index contributed by atoms with van der Waals surface area (Å²) in [5, 5.41) is 10.6. The molecule has 0 aliphatic rings. The summed E-state index contributed by atoms with van der Waals surface area (Å²) in [5.41, 5.74) is 3.37. The normalized spacial score (nSPS) is 10.9. The van der Waals surface area contributed by atoms with Crippen LogP contribution in [0.25, 0.3) is 5.69 Å². The summed E-state index contributed by atoms with van der Waals surface area (Å²) in [5.74, 6) is 2.52. The Hall–Kier alpha value is -2.76. The van der Waals surface area contributed by atoms with E-state index in [0.29, 0.717) is 13.0 Å². The SMILES string of the molecule is CCOc1ccc(-n2c(Cc3ccccc3)nnc2SCc2cccc(Cl)c2)cc1. The van der Waals surface area contributed by atoms with Gasteiger partial charge in [0, 0.05) is 22.9 Å². The van der Waals surface area contributed by atoms with Crippen molar-refractivity contribution in [3.8, 4) is 11.4 Å². The van der Waals surface area contributed by atoms with Crippen LogP contribution in [0, 0.1) is 0 Å².